The molecule has 10 heavy (non-hydrogen) atoms. The molecule has 0 fully saturated rings. The molecule has 0 saturated carbocycles. The Hall–Kier alpha value is -0.340. The van der Waals surface area contributed by atoms with Crippen molar-refractivity contribution in [3.63, 3.8) is 0 Å². The number of aromatic nitrogens is 3. The Kier molecular flexibility index (Phi) is 1.84. The summed E-state index contributed by atoms with van der Waals surface area (Å²) in [6.07, 6.45) is -4.42. The number of aromatic amines is 1. The predicted molar refractivity (Wildman–Crippen MR) is 34.1 cm³/mol. The Balaban J connectivity index is 2.96. The molecule has 0 aromatic carbocycles. The van der Waals surface area contributed by atoms with E-state index in [0.717, 1.165) is 0 Å². The van der Waals surface area contributed by atoms with Crippen molar-refractivity contribution < 1.29 is 13.2 Å². The maximum atomic E-state index is 11.7. The molecule has 0 bridgehead atoms. The molecule has 7 heteroatoms. The van der Waals surface area contributed by atoms with Gasteiger partial charge in [-0.1, -0.05) is 0 Å². The number of nitrogens with zero attached hydrogens (tertiary/aromatic N) is 2. The van der Waals surface area contributed by atoms with Crippen molar-refractivity contribution >= 4 is 22.6 Å². The summed E-state index contributed by atoms with van der Waals surface area (Å²) in [6.45, 7) is 0. The normalized spacial score (nSPS) is 12.0. The molecule has 0 spiro atoms. The van der Waals surface area contributed by atoms with Crippen LogP contribution in [0.4, 0.5) is 13.2 Å². The highest BCUT2D eigenvalue weighted by molar-refractivity contribution is 14.1. The average molecular weight is 263 g/mol. The highest BCUT2D eigenvalue weighted by atomic mass is 127. The van der Waals surface area contributed by atoms with Crippen molar-refractivity contribution in [2.24, 2.45) is 0 Å². The minimum atomic E-state index is -4.42. The zero-order valence-corrected chi connectivity index (χ0v) is 6.56. The Bertz CT molecular complexity index is 229. The molecule has 0 amide bonds. The van der Waals surface area contributed by atoms with E-state index >= 15 is 0 Å². The second-order valence-corrected chi connectivity index (χ2v) is 2.42. The molecule has 1 rings (SSSR count). The first-order valence-electron chi connectivity index (χ1n) is 2.15. The first kappa shape index (κ1) is 7.76. The quantitative estimate of drug-likeness (QED) is 0.719. The van der Waals surface area contributed by atoms with E-state index in [0.29, 0.717) is 0 Å². The number of rotatable bonds is 0. The van der Waals surface area contributed by atoms with Crippen molar-refractivity contribution in [3.8, 4) is 0 Å². The van der Waals surface area contributed by atoms with Gasteiger partial charge in [0.2, 0.25) is 9.66 Å². The maximum absolute atomic E-state index is 11.7. The zero-order valence-electron chi connectivity index (χ0n) is 4.41. The fourth-order valence-corrected chi connectivity index (χ4v) is 0.730. The fourth-order valence-electron chi connectivity index (χ4n) is 0.368. The monoisotopic (exact) mass is 263 g/mol. The number of hydrogen-bond donors (Lipinski definition) is 1. The second-order valence-electron chi connectivity index (χ2n) is 1.45. The highest BCUT2D eigenvalue weighted by Gasteiger charge is 2.34. The molecule has 1 aromatic rings. The number of nitrogens with one attached hydrogen (secondary N) is 1. The van der Waals surface area contributed by atoms with Crippen LogP contribution in [0.15, 0.2) is 0 Å². The average Bonchev–Trinajstić information content (AvgIpc) is 2.11. The van der Waals surface area contributed by atoms with Gasteiger partial charge in [-0.3, -0.25) is 5.10 Å². The van der Waals surface area contributed by atoms with Crippen molar-refractivity contribution in [1.82, 2.24) is 15.2 Å². The molecule has 0 aliphatic rings. The van der Waals surface area contributed by atoms with Crippen molar-refractivity contribution in [2.75, 3.05) is 0 Å². The van der Waals surface area contributed by atoms with Gasteiger partial charge in [0.15, 0.2) is 0 Å². The Morgan fingerprint density at radius 3 is 2.20 bits per heavy atom. The molecule has 0 radical (unpaired) electrons. The van der Waals surface area contributed by atoms with E-state index in [2.05, 4.69) is 10.1 Å². The summed E-state index contributed by atoms with van der Waals surface area (Å²) < 4.78 is 35.1. The molecular formula is C3HF3IN3. The smallest absolute Gasteiger partial charge is 0.255 e. The van der Waals surface area contributed by atoms with Crippen LogP contribution in [0.3, 0.4) is 0 Å². The van der Waals surface area contributed by atoms with Crippen LogP contribution in [-0.2, 0) is 6.18 Å². The highest BCUT2D eigenvalue weighted by Crippen LogP contribution is 2.25. The molecule has 56 valence electrons. The summed E-state index contributed by atoms with van der Waals surface area (Å²) in [6, 6.07) is 0. The molecule has 0 aliphatic carbocycles. The van der Waals surface area contributed by atoms with Crippen LogP contribution < -0.4 is 0 Å². The first-order valence-corrected chi connectivity index (χ1v) is 3.23. The van der Waals surface area contributed by atoms with E-state index in [-0.39, 0.29) is 3.83 Å². The van der Waals surface area contributed by atoms with Crippen LogP contribution in [0.5, 0.6) is 0 Å². The molecule has 1 aromatic heterocycles. The molecule has 0 unspecified atom stereocenters. The zero-order chi connectivity index (χ0) is 7.78. The van der Waals surface area contributed by atoms with E-state index in [1.165, 1.54) is 0 Å². The van der Waals surface area contributed by atoms with Gasteiger partial charge < -0.3 is 0 Å². The van der Waals surface area contributed by atoms with Crippen LogP contribution in [0.2, 0.25) is 0 Å². The summed E-state index contributed by atoms with van der Waals surface area (Å²) in [5.74, 6) is -1.06. The van der Waals surface area contributed by atoms with Gasteiger partial charge in [0.25, 0.3) is 0 Å². The van der Waals surface area contributed by atoms with Gasteiger partial charge in [-0.25, -0.2) is 0 Å². The van der Waals surface area contributed by atoms with Crippen molar-refractivity contribution in [3.05, 3.63) is 9.66 Å². The van der Waals surface area contributed by atoms with Gasteiger partial charge in [0.05, 0.1) is 0 Å². The minimum absolute atomic E-state index is 0.0601. The topological polar surface area (TPSA) is 41.6 Å². The van der Waals surface area contributed by atoms with E-state index in [1.807, 2.05) is 0 Å². The van der Waals surface area contributed by atoms with Gasteiger partial charge in [0, 0.05) is 22.6 Å². The lowest BCUT2D eigenvalue weighted by Gasteiger charge is -1.97. The summed E-state index contributed by atoms with van der Waals surface area (Å²) in [4.78, 5) is 3.08. The number of halogens is 4. The minimum Gasteiger partial charge on any atom is -0.255 e. The maximum Gasteiger partial charge on any atom is 0.451 e. The lowest BCUT2D eigenvalue weighted by atomic mass is 10.6. The third kappa shape index (κ3) is 1.58. The number of hydrogen-bond acceptors (Lipinski definition) is 2. The first-order chi connectivity index (χ1) is 4.50. The molecule has 0 saturated heterocycles. The van der Waals surface area contributed by atoms with E-state index in [1.54, 1.807) is 27.7 Å². The van der Waals surface area contributed by atoms with Crippen LogP contribution in [-0.4, -0.2) is 15.2 Å². The van der Waals surface area contributed by atoms with Crippen molar-refractivity contribution in [2.45, 2.75) is 6.18 Å². The van der Waals surface area contributed by atoms with E-state index in [9.17, 15) is 13.2 Å². The Labute approximate surface area is 67.2 Å². The predicted octanol–water partition coefficient (Wildman–Crippen LogP) is 1.43. The van der Waals surface area contributed by atoms with E-state index in [4.69, 9.17) is 0 Å². The Morgan fingerprint density at radius 2 is 2.00 bits per heavy atom. The van der Waals surface area contributed by atoms with Gasteiger partial charge in [-0.15, -0.1) is 5.10 Å². The van der Waals surface area contributed by atoms with Gasteiger partial charge in [0.1, 0.15) is 0 Å². The lowest BCUT2D eigenvalue weighted by molar-refractivity contribution is -0.144. The van der Waals surface area contributed by atoms with Crippen LogP contribution >= 0.6 is 22.6 Å². The fraction of sp³-hybridized carbons (Fsp3) is 0.333. The second kappa shape index (κ2) is 2.36. The third-order valence-electron chi connectivity index (χ3n) is 0.727. The third-order valence-corrected chi connectivity index (χ3v) is 1.21. The van der Waals surface area contributed by atoms with Gasteiger partial charge in [-0.05, 0) is 0 Å². The largest absolute Gasteiger partial charge is 0.451 e. The molecular weight excluding hydrogens is 262 g/mol. The molecule has 0 atom stereocenters. The molecule has 1 heterocycles. The van der Waals surface area contributed by atoms with Gasteiger partial charge >= 0.3 is 6.18 Å². The summed E-state index contributed by atoms with van der Waals surface area (Å²) in [7, 11) is 0. The van der Waals surface area contributed by atoms with Crippen LogP contribution in [0.25, 0.3) is 0 Å². The summed E-state index contributed by atoms with van der Waals surface area (Å²) in [5.41, 5.74) is 0. The number of alkyl halides is 3. The van der Waals surface area contributed by atoms with E-state index < -0.39 is 12.0 Å². The SMILES string of the molecule is FC(F)(F)c1nc(I)n[nH]1. The summed E-state index contributed by atoms with van der Waals surface area (Å²) >= 11 is 1.59. The molecule has 0 aliphatic heterocycles. The van der Waals surface area contributed by atoms with Crippen molar-refractivity contribution in [1.29, 1.82) is 0 Å². The van der Waals surface area contributed by atoms with Gasteiger partial charge in [-0.2, -0.15) is 18.2 Å². The standard InChI is InChI=1S/C3HF3IN3/c4-3(5,6)1-8-2(7)10-9-1/h(H,8,9,10). The van der Waals surface area contributed by atoms with Crippen LogP contribution in [0.1, 0.15) is 5.82 Å². The Morgan fingerprint density at radius 1 is 1.40 bits per heavy atom. The molecule has 1 N–H and O–H groups in total. The number of H-pyrrole nitrogens is 1. The summed E-state index contributed by atoms with van der Waals surface area (Å²) in [5, 5.41) is 4.97. The van der Waals surface area contributed by atoms with Crippen LogP contribution in [0, 0.1) is 3.83 Å². The molecule has 3 nitrogen and oxygen atoms in total. The lowest BCUT2D eigenvalue weighted by Crippen LogP contribution is -2.07.